The smallest absolute Gasteiger partial charge is 0.270 e. The van der Waals surface area contributed by atoms with Gasteiger partial charge in [0.25, 0.3) is 5.91 Å². The molecule has 0 saturated carbocycles. The summed E-state index contributed by atoms with van der Waals surface area (Å²) in [5.41, 5.74) is -0.0618. The van der Waals surface area contributed by atoms with Gasteiger partial charge in [0, 0.05) is 18.7 Å². The van der Waals surface area contributed by atoms with Crippen molar-refractivity contribution in [2.75, 3.05) is 13.2 Å². The summed E-state index contributed by atoms with van der Waals surface area (Å²) < 4.78 is 0. The van der Waals surface area contributed by atoms with Crippen molar-refractivity contribution in [2.24, 2.45) is 0 Å². The molecule has 1 amide bonds. The number of hydrogen-bond acceptors (Lipinski definition) is 3. The summed E-state index contributed by atoms with van der Waals surface area (Å²) in [5.74, 6) is -0.276. The van der Waals surface area contributed by atoms with Crippen LogP contribution >= 0.6 is 0 Å². The molecular formula is C11H16N2O3. The van der Waals surface area contributed by atoms with Crippen LogP contribution in [-0.4, -0.2) is 40.1 Å². The van der Waals surface area contributed by atoms with E-state index in [1.807, 2.05) is 13.8 Å². The van der Waals surface area contributed by atoms with Crippen molar-refractivity contribution in [3.05, 3.63) is 34.2 Å². The number of aliphatic hydroxyl groups excluding tert-OH is 1. The minimum absolute atomic E-state index is 0.0247. The van der Waals surface area contributed by atoms with Crippen molar-refractivity contribution in [1.82, 2.24) is 9.88 Å². The highest BCUT2D eigenvalue weighted by Crippen LogP contribution is 2.04. The summed E-state index contributed by atoms with van der Waals surface area (Å²) >= 11 is 0. The summed E-state index contributed by atoms with van der Waals surface area (Å²) in [4.78, 5) is 27.0. The Balaban J connectivity index is 2.94. The highest BCUT2D eigenvalue weighted by molar-refractivity contribution is 5.92. The number of rotatable bonds is 4. The molecule has 0 atom stereocenters. The standard InChI is InChI=1S/C11H16N2O3/c1-8(2)13(6-7-14)11(16)9-4-3-5-10(15)12-9/h3-5,8,14H,6-7H2,1-2H3,(H,12,15). The lowest BCUT2D eigenvalue weighted by molar-refractivity contribution is 0.0659. The van der Waals surface area contributed by atoms with Crippen molar-refractivity contribution in [3.63, 3.8) is 0 Å². The molecule has 0 spiro atoms. The lowest BCUT2D eigenvalue weighted by atomic mass is 10.2. The number of H-pyrrole nitrogens is 1. The van der Waals surface area contributed by atoms with Gasteiger partial charge in [-0.1, -0.05) is 6.07 Å². The Hall–Kier alpha value is -1.62. The number of carbonyl (C=O) groups excluding carboxylic acids is 1. The third kappa shape index (κ3) is 2.93. The molecule has 1 aromatic heterocycles. The van der Waals surface area contributed by atoms with Crippen LogP contribution in [0, 0.1) is 0 Å². The number of carbonyl (C=O) groups is 1. The van der Waals surface area contributed by atoms with Gasteiger partial charge in [0.2, 0.25) is 5.56 Å². The number of aromatic nitrogens is 1. The molecule has 88 valence electrons. The fourth-order valence-corrected chi connectivity index (χ4v) is 1.43. The second kappa shape index (κ2) is 5.46. The van der Waals surface area contributed by atoms with Crippen LogP contribution in [0.25, 0.3) is 0 Å². The molecule has 0 bridgehead atoms. The minimum atomic E-state index is -0.307. The molecule has 1 heterocycles. The van der Waals surface area contributed by atoms with Gasteiger partial charge in [-0.15, -0.1) is 0 Å². The molecule has 0 saturated heterocycles. The number of hydrogen-bond donors (Lipinski definition) is 2. The Morgan fingerprint density at radius 3 is 2.69 bits per heavy atom. The number of nitrogens with zero attached hydrogens (tertiary/aromatic N) is 1. The number of pyridine rings is 1. The van der Waals surface area contributed by atoms with Gasteiger partial charge in [0.15, 0.2) is 0 Å². The Kier molecular flexibility index (Phi) is 4.25. The van der Waals surface area contributed by atoms with Crippen LogP contribution < -0.4 is 5.56 Å². The van der Waals surface area contributed by atoms with E-state index >= 15 is 0 Å². The van der Waals surface area contributed by atoms with Crippen LogP contribution in [0.2, 0.25) is 0 Å². The Morgan fingerprint density at radius 2 is 2.19 bits per heavy atom. The zero-order valence-corrected chi connectivity index (χ0v) is 9.43. The van der Waals surface area contributed by atoms with E-state index in [0.717, 1.165) is 0 Å². The summed E-state index contributed by atoms with van der Waals surface area (Å²) in [5, 5.41) is 8.87. The van der Waals surface area contributed by atoms with Crippen LogP contribution in [0.15, 0.2) is 23.0 Å². The maximum atomic E-state index is 12.0. The van der Waals surface area contributed by atoms with Gasteiger partial charge in [-0.25, -0.2) is 0 Å². The van der Waals surface area contributed by atoms with Gasteiger partial charge < -0.3 is 15.0 Å². The quantitative estimate of drug-likeness (QED) is 0.768. The first-order valence-electron chi connectivity index (χ1n) is 5.17. The van der Waals surface area contributed by atoms with E-state index in [9.17, 15) is 9.59 Å². The van der Waals surface area contributed by atoms with Crippen molar-refractivity contribution < 1.29 is 9.90 Å². The Bertz CT molecular complexity index is 412. The first-order valence-corrected chi connectivity index (χ1v) is 5.17. The lowest BCUT2D eigenvalue weighted by Gasteiger charge is -2.25. The van der Waals surface area contributed by atoms with Crippen molar-refractivity contribution >= 4 is 5.91 Å². The molecule has 0 radical (unpaired) electrons. The number of nitrogens with one attached hydrogen (secondary N) is 1. The van der Waals surface area contributed by atoms with Crippen LogP contribution in [-0.2, 0) is 0 Å². The molecule has 0 aromatic carbocycles. The average Bonchev–Trinajstić information content (AvgIpc) is 2.24. The SMILES string of the molecule is CC(C)N(CCO)C(=O)c1cccc(=O)[nH]1. The van der Waals surface area contributed by atoms with Gasteiger partial charge in [0.05, 0.1) is 6.61 Å². The van der Waals surface area contributed by atoms with Gasteiger partial charge in [-0.2, -0.15) is 0 Å². The normalized spacial score (nSPS) is 10.5. The lowest BCUT2D eigenvalue weighted by Crippen LogP contribution is -2.39. The third-order valence-corrected chi connectivity index (χ3v) is 2.22. The number of aromatic amines is 1. The van der Waals surface area contributed by atoms with Crippen LogP contribution in [0.1, 0.15) is 24.3 Å². The van der Waals surface area contributed by atoms with Gasteiger partial charge in [-0.05, 0) is 19.9 Å². The van der Waals surface area contributed by atoms with E-state index in [-0.39, 0.29) is 36.4 Å². The zero-order chi connectivity index (χ0) is 12.1. The second-order valence-electron chi connectivity index (χ2n) is 3.74. The van der Waals surface area contributed by atoms with Crippen LogP contribution in [0.3, 0.4) is 0 Å². The van der Waals surface area contributed by atoms with Gasteiger partial charge in [-0.3, -0.25) is 9.59 Å². The zero-order valence-electron chi connectivity index (χ0n) is 9.43. The first kappa shape index (κ1) is 12.4. The van der Waals surface area contributed by atoms with Crippen LogP contribution in [0.4, 0.5) is 0 Å². The Labute approximate surface area is 93.7 Å². The fraction of sp³-hybridized carbons (Fsp3) is 0.455. The largest absolute Gasteiger partial charge is 0.395 e. The highest BCUT2D eigenvalue weighted by Gasteiger charge is 2.18. The molecule has 16 heavy (non-hydrogen) atoms. The van der Waals surface area contributed by atoms with E-state index in [0.29, 0.717) is 0 Å². The fourth-order valence-electron chi connectivity index (χ4n) is 1.43. The molecule has 1 aromatic rings. The minimum Gasteiger partial charge on any atom is -0.395 e. The molecular weight excluding hydrogens is 208 g/mol. The summed E-state index contributed by atoms with van der Waals surface area (Å²) in [6.45, 7) is 3.87. The predicted octanol–water partition coefficient (Wildman–Crippen LogP) is 0.218. The summed E-state index contributed by atoms with van der Waals surface area (Å²) in [7, 11) is 0. The van der Waals surface area contributed by atoms with Gasteiger partial charge in [0.1, 0.15) is 5.69 Å². The van der Waals surface area contributed by atoms with E-state index in [1.165, 1.54) is 17.0 Å². The number of amides is 1. The molecule has 1 rings (SSSR count). The van der Waals surface area contributed by atoms with E-state index < -0.39 is 0 Å². The monoisotopic (exact) mass is 224 g/mol. The highest BCUT2D eigenvalue weighted by atomic mass is 16.3. The summed E-state index contributed by atoms with van der Waals surface area (Å²) in [6.07, 6.45) is 0. The van der Waals surface area contributed by atoms with E-state index in [2.05, 4.69) is 4.98 Å². The maximum Gasteiger partial charge on any atom is 0.270 e. The molecule has 0 fully saturated rings. The molecule has 5 nitrogen and oxygen atoms in total. The predicted molar refractivity (Wildman–Crippen MR) is 60.3 cm³/mol. The topological polar surface area (TPSA) is 73.4 Å². The van der Waals surface area contributed by atoms with E-state index in [1.54, 1.807) is 6.07 Å². The maximum absolute atomic E-state index is 12.0. The molecule has 0 aliphatic carbocycles. The van der Waals surface area contributed by atoms with Crippen molar-refractivity contribution in [3.8, 4) is 0 Å². The third-order valence-electron chi connectivity index (χ3n) is 2.22. The molecule has 2 N–H and O–H groups in total. The van der Waals surface area contributed by atoms with E-state index in [4.69, 9.17) is 5.11 Å². The van der Waals surface area contributed by atoms with Gasteiger partial charge >= 0.3 is 0 Å². The average molecular weight is 224 g/mol. The summed E-state index contributed by atoms with van der Waals surface area (Å²) in [6, 6.07) is 4.41. The molecule has 0 aliphatic rings. The van der Waals surface area contributed by atoms with Crippen LogP contribution in [0.5, 0.6) is 0 Å². The van der Waals surface area contributed by atoms with Crippen molar-refractivity contribution in [1.29, 1.82) is 0 Å². The molecule has 0 aliphatic heterocycles. The Morgan fingerprint density at radius 1 is 1.50 bits per heavy atom. The second-order valence-corrected chi connectivity index (χ2v) is 3.74. The van der Waals surface area contributed by atoms with Crippen molar-refractivity contribution in [2.45, 2.75) is 19.9 Å². The molecule has 5 heteroatoms. The first-order chi connectivity index (χ1) is 7.56. The number of aliphatic hydroxyl groups is 1. The molecule has 0 unspecified atom stereocenters.